The zero-order valence-electron chi connectivity index (χ0n) is 46.7. The van der Waals surface area contributed by atoms with Gasteiger partial charge in [-0.05, 0) is 145 Å². The molecule has 4 fully saturated rings. The summed E-state index contributed by atoms with van der Waals surface area (Å²) in [5.74, 6) is 3.57. The molecule has 10 unspecified atom stereocenters. The maximum atomic E-state index is 14.2. The Morgan fingerprint density at radius 1 is 0.750 bits per heavy atom. The number of allylic oxidation sites excluding steroid dienone is 1. The van der Waals surface area contributed by atoms with E-state index in [1.807, 2.05) is 78.9 Å². The van der Waals surface area contributed by atoms with Gasteiger partial charge in [0.2, 0.25) is 5.91 Å². The quantitative estimate of drug-likeness (QED) is 0.0504. The Hall–Kier alpha value is -5.36. The Bertz CT molecular complexity index is 2390. The first-order chi connectivity index (χ1) is 36.6. The van der Waals surface area contributed by atoms with Crippen LogP contribution in [0.4, 0.5) is 4.79 Å². The number of carbonyl (C=O) groups is 4. The second-order valence-electron chi connectivity index (χ2n) is 24.1. The Balaban J connectivity index is 0.863. The molecule has 0 spiro atoms. The minimum absolute atomic E-state index is 0.0905. The molecule has 3 aromatic rings. The molecule has 8 rings (SSSR count). The van der Waals surface area contributed by atoms with Crippen molar-refractivity contribution in [3.05, 3.63) is 107 Å². The fourth-order valence-corrected chi connectivity index (χ4v) is 15.1. The van der Waals surface area contributed by atoms with Crippen LogP contribution in [-0.2, 0) is 40.8 Å². The molecular formula is C64H88N2O10. The SMILES string of the molecule is COc1ccc(C(OCc2ccccc2)(c2ccc(OC)cc2)C2CN(C(=O)CCCCCNC(=O)OC3CCC4(C)C(=CCC5C4CCC4(C)C(C(C)CCCC(C)C)CCC54)C3)CC2OC(=O)CCC(=O)O)cc1. The molecule has 2 N–H and O–H groups in total. The number of ether oxygens (including phenoxy) is 5. The van der Waals surface area contributed by atoms with Crippen molar-refractivity contribution in [2.45, 2.75) is 168 Å². The molecular weight excluding hydrogens is 957 g/mol. The molecule has 414 valence electrons. The normalized spacial score (nSPS) is 27.3. The monoisotopic (exact) mass is 1040 g/mol. The zero-order valence-corrected chi connectivity index (χ0v) is 46.7. The minimum Gasteiger partial charge on any atom is -0.497 e. The van der Waals surface area contributed by atoms with E-state index >= 15 is 0 Å². The first-order valence-electron chi connectivity index (χ1n) is 28.9. The summed E-state index contributed by atoms with van der Waals surface area (Å²) in [6, 6.07) is 25.0. The number of nitrogens with one attached hydrogen (secondary N) is 1. The second-order valence-corrected chi connectivity index (χ2v) is 24.1. The number of fused-ring (bicyclic) bond motifs is 5. The third kappa shape index (κ3) is 12.8. The van der Waals surface area contributed by atoms with Gasteiger partial charge in [0.25, 0.3) is 0 Å². The van der Waals surface area contributed by atoms with Crippen molar-refractivity contribution >= 4 is 23.9 Å². The fraction of sp³-hybridized carbons (Fsp3) is 0.625. The highest BCUT2D eigenvalue weighted by atomic mass is 16.6. The highest BCUT2D eigenvalue weighted by Crippen LogP contribution is 2.67. The molecule has 3 aromatic carbocycles. The summed E-state index contributed by atoms with van der Waals surface area (Å²) in [6.07, 6.45) is 16.3. The zero-order chi connectivity index (χ0) is 54.0. The van der Waals surface area contributed by atoms with Crippen molar-refractivity contribution in [1.29, 1.82) is 0 Å². The third-order valence-electron chi connectivity index (χ3n) is 19.2. The van der Waals surface area contributed by atoms with Gasteiger partial charge in [0, 0.05) is 25.9 Å². The van der Waals surface area contributed by atoms with Gasteiger partial charge >= 0.3 is 18.0 Å². The smallest absolute Gasteiger partial charge is 0.407 e. The minimum atomic E-state index is -1.27. The Morgan fingerprint density at radius 2 is 1.45 bits per heavy atom. The molecule has 3 saturated carbocycles. The largest absolute Gasteiger partial charge is 0.497 e. The molecule has 0 radical (unpaired) electrons. The maximum absolute atomic E-state index is 14.2. The summed E-state index contributed by atoms with van der Waals surface area (Å²) in [6.45, 7) is 13.4. The van der Waals surface area contributed by atoms with E-state index in [0.717, 1.165) is 71.5 Å². The number of nitrogens with zero attached hydrogens (tertiary/aromatic N) is 1. The summed E-state index contributed by atoms with van der Waals surface area (Å²) >= 11 is 0. The van der Waals surface area contributed by atoms with E-state index in [4.69, 9.17) is 23.7 Å². The van der Waals surface area contributed by atoms with Crippen molar-refractivity contribution in [2.75, 3.05) is 33.9 Å². The number of unbranched alkanes of at least 4 members (excludes halogenated alkanes) is 2. The van der Waals surface area contributed by atoms with E-state index in [2.05, 4.69) is 46.0 Å². The van der Waals surface area contributed by atoms with E-state index < -0.39 is 29.6 Å². The van der Waals surface area contributed by atoms with Crippen molar-refractivity contribution in [3.8, 4) is 11.5 Å². The topological polar surface area (TPSA) is 150 Å². The highest BCUT2D eigenvalue weighted by molar-refractivity contribution is 5.78. The molecule has 12 nitrogen and oxygen atoms in total. The number of esters is 1. The van der Waals surface area contributed by atoms with Crippen LogP contribution in [0.5, 0.6) is 11.5 Å². The van der Waals surface area contributed by atoms with Gasteiger partial charge in [-0.25, -0.2) is 4.79 Å². The number of rotatable bonds is 24. The molecule has 1 saturated heterocycles. The highest BCUT2D eigenvalue weighted by Gasteiger charge is 2.59. The van der Waals surface area contributed by atoms with Gasteiger partial charge in [-0.15, -0.1) is 0 Å². The van der Waals surface area contributed by atoms with E-state index in [9.17, 15) is 24.3 Å². The molecule has 76 heavy (non-hydrogen) atoms. The molecule has 12 heteroatoms. The lowest BCUT2D eigenvalue weighted by Gasteiger charge is -2.58. The number of carboxylic acid groups (broad SMARTS) is 1. The van der Waals surface area contributed by atoms with Crippen LogP contribution in [-0.4, -0.2) is 80.0 Å². The maximum Gasteiger partial charge on any atom is 0.407 e. The molecule has 2 amide bonds. The lowest BCUT2D eigenvalue weighted by atomic mass is 9.47. The number of hydrogen-bond donors (Lipinski definition) is 2. The van der Waals surface area contributed by atoms with Crippen molar-refractivity contribution in [2.24, 2.45) is 52.3 Å². The van der Waals surface area contributed by atoms with Gasteiger partial charge in [0.1, 0.15) is 29.3 Å². The molecule has 1 heterocycles. The number of carbonyl (C=O) groups excluding carboxylic acids is 3. The summed E-state index contributed by atoms with van der Waals surface area (Å²) in [5.41, 5.74) is 3.35. The van der Waals surface area contributed by atoms with E-state index in [1.54, 1.807) is 19.1 Å². The number of alkyl carbamates (subject to hydrolysis) is 1. The van der Waals surface area contributed by atoms with Crippen LogP contribution in [0.25, 0.3) is 0 Å². The Kier molecular flexibility index (Phi) is 19.0. The first kappa shape index (κ1) is 56.8. The number of aliphatic carboxylic acids is 1. The lowest BCUT2D eigenvalue weighted by Crippen LogP contribution is -2.51. The number of carboxylic acids is 1. The first-order valence-corrected chi connectivity index (χ1v) is 28.9. The number of likely N-dealkylation sites (tertiary alicyclic amines) is 1. The lowest BCUT2D eigenvalue weighted by molar-refractivity contribution is -0.159. The van der Waals surface area contributed by atoms with E-state index in [0.29, 0.717) is 42.7 Å². The van der Waals surface area contributed by atoms with Crippen LogP contribution in [0.15, 0.2) is 90.5 Å². The molecule has 1 aliphatic heterocycles. The van der Waals surface area contributed by atoms with Crippen LogP contribution >= 0.6 is 0 Å². The standard InChI is InChI=1S/C64H88N2O10/c1-43(2)15-14-16-44(3)53-30-31-54-52-29-24-48-39-51(34-36-62(48,4)55(52)35-37-63(53,54)5)75-61(71)65-38-13-9-12-19-58(67)66-40-56(57(41-66)76-60(70)33-32-59(68)69)64(46-20-25-49(72-6)26-21-46,47-22-27-50(73-7)28-23-47)74-42-45-17-10-8-11-18-45/h8,10-11,17-18,20-28,43-44,51-57H,9,12-16,19,29-42H2,1-7H3,(H,65,71)(H,68,69). The van der Waals surface area contributed by atoms with Crippen molar-refractivity contribution in [1.82, 2.24) is 10.2 Å². The predicted octanol–water partition coefficient (Wildman–Crippen LogP) is 13.1. The van der Waals surface area contributed by atoms with Crippen LogP contribution in [0, 0.1) is 52.3 Å². The molecule has 4 aliphatic carbocycles. The average Bonchev–Trinajstić information content (AvgIpc) is 4.16. The molecule has 0 bridgehead atoms. The molecule has 0 aromatic heterocycles. The van der Waals surface area contributed by atoms with Gasteiger partial charge in [0.15, 0.2) is 0 Å². The summed E-state index contributed by atoms with van der Waals surface area (Å²) in [4.78, 5) is 54.1. The van der Waals surface area contributed by atoms with Gasteiger partial charge in [-0.2, -0.15) is 0 Å². The Labute approximate surface area is 453 Å². The summed E-state index contributed by atoms with van der Waals surface area (Å²) in [5, 5.41) is 12.4. The predicted molar refractivity (Wildman–Crippen MR) is 295 cm³/mol. The second kappa shape index (κ2) is 25.4. The summed E-state index contributed by atoms with van der Waals surface area (Å²) in [7, 11) is 3.21. The van der Waals surface area contributed by atoms with Crippen LogP contribution in [0.2, 0.25) is 0 Å². The van der Waals surface area contributed by atoms with Gasteiger partial charge in [0.05, 0.1) is 46.1 Å². The fourth-order valence-electron chi connectivity index (χ4n) is 15.1. The van der Waals surface area contributed by atoms with Crippen LogP contribution < -0.4 is 14.8 Å². The number of methoxy groups -OCH3 is 2. The summed E-state index contributed by atoms with van der Waals surface area (Å²) < 4.78 is 30.6. The number of benzene rings is 3. The van der Waals surface area contributed by atoms with E-state index in [-0.39, 0.29) is 62.5 Å². The van der Waals surface area contributed by atoms with Gasteiger partial charge in [-0.1, -0.05) is 127 Å². The van der Waals surface area contributed by atoms with Crippen molar-refractivity contribution in [3.63, 3.8) is 0 Å². The molecule has 10 atom stereocenters. The van der Waals surface area contributed by atoms with Gasteiger partial charge in [-0.3, -0.25) is 14.4 Å². The van der Waals surface area contributed by atoms with Crippen molar-refractivity contribution < 1.29 is 48.0 Å². The van der Waals surface area contributed by atoms with E-state index in [1.165, 1.54) is 56.9 Å². The number of hydrogen-bond acceptors (Lipinski definition) is 9. The third-order valence-corrected chi connectivity index (χ3v) is 19.2. The average molecular weight is 1050 g/mol. The Morgan fingerprint density at radius 3 is 2.11 bits per heavy atom. The van der Waals surface area contributed by atoms with Crippen LogP contribution in [0.1, 0.15) is 160 Å². The number of amides is 2. The van der Waals surface area contributed by atoms with Gasteiger partial charge < -0.3 is 39.0 Å². The molecule has 5 aliphatic rings. The van der Waals surface area contributed by atoms with Crippen LogP contribution in [0.3, 0.4) is 0 Å².